The van der Waals surface area contributed by atoms with E-state index in [0.717, 1.165) is 21.8 Å². The van der Waals surface area contributed by atoms with Crippen LogP contribution >= 0.6 is 0 Å². The number of benzene rings is 3. The summed E-state index contributed by atoms with van der Waals surface area (Å²) in [7, 11) is 0. The SMILES string of the molecule is c1ccc2c(c1)ccc1c3ncccc3c3cccnc3c21. The van der Waals surface area contributed by atoms with Crippen molar-refractivity contribution in [1.82, 2.24) is 9.97 Å². The third kappa shape index (κ3) is 1.44. The molecule has 2 heteroatoms. The van der Waals surface area contributed by atoms with Crippen molar-refractivity contribution in [2.75, 3.05) is 0 Å². The normalized spacial score (nSPS) is 11.6. The highest BCUT2D eigenvalue weighted by atomic mass is 14.7. The van der Waals surface area contributed by atoms with Crippen molar-refractivity contribution in [3.05, 3.63) is 73.1 Å². The number of rotatable bonds is 0. The van der Waals surface area contributed by atoms with Crippen molar-refractivity contribution in [3.63, 3.8) is 0 Å². The van der Waals surface area contributed by atoms with Gasteiger partial charge in [0.1, 0.15) is 0 Å². The number of fused-ring (bicyclic) bond motifs is 8. The Morgan fingerprint density at radius 2 is 1.18 bits per heavy atom. The van der Waals surface area contributed by atoms with Crippen LogP contribution in [0, 0.1) is 0 Å². The van der Waals surface area contributed by atoms with E-state index in [-0.39, 0.29) is 0 Å². The van der Waals surface area contributed by atoms with Crippen LogP contribution in [0.25, 0.3) is 43.4 Å². The summed E-state index contributed by atoms with van der Waals surface area (Å²) >= 11 is 0. The van der Waals surface area contributed by atoms with Gasteiger partial charge in [0.05, 0.1) is 11.0 Å². The van der Waals surface area contributed by atoms with Crippen molar-refractivity contribution in [2.24, 2.45) is 0 Å². The molecule has 5 aromatic rings. The van der Waals surface area contributed by atoms with Crippen molar-refractivity contribution >= 4 is 43.4 Å². The zero-order valence-electron chi connectivity index (χ0n) is 11.8. The molecule has 0 fully saturated rings. The Balaban J connectivity index is 2.24. The largest absolute Gasteiger partial charge is 0.256 e. The van der Waals surface area contributed by atoms with E-state index < -0.39 is 0 Å². The Bertz CT molecular complexity index is 1130. The van der Waals surface area contributed by atoms with E-state index in [1.807, 2.05) is 24.5 Å². The molecule has 0 radical (unpaired) electrons. The summed E-state index contributed by atoms with van der Waals surface area (Å²) in [6.07, 6.45) is 3.73. The maximum absolute atomic E-state index is 4.68. The first-order valence-electron chi connectivity index (χ1n) is 7.36. The van der Waals surface area contributed by atoms with E-state index in [4.69, 9.17) is 0 Å². The summed E-state index contributed by atoms with van der Waals surface area (Å²) in [5.74, 6) is 0. The maximum atomic E-state index is 4.68. The van der Waals surface area contributed by atoms with Gasteiger partial charge in [0.25, 0.3) is 0 Å². The molecular weight excluding hydrogens is 268 g/mol. The average molecular weight is 280 g/mol. The third-order valence-corrected chi connectivity index (χ3v) is 4.33. The van der Waals surface area contributed by atoms with Gasteiger partial charge in [-0.2, -0.15) is 0 Å². The van der Waals surface area contributed by atoms with Gasteiger partial charge in [-0.05, 0) is 22.9 Å². The molecule has 0 spiro atoms. The van der Waals surface area contributed by atoms with Crippen LogP contribution in [0.1, 0.15) is 0 Å². The first-order valence-corrected chi connectivity index (χ1v) is 7.36. The summed E-state index contributed by atoms with van der Waals surface area (Å²) in [4.78, 5) is 9.32. The first kappa shape index (κ1) is 11.6. The topological polar surface area (TPSA) is 25.8 Å². The maximum Gasteiger partial charge on any atom is 0.0794 e. The van der Waals surface area contributed by atoms with Gasteiger partial charge in [-0.15, -0.1) is 0 Å². The Labute approximate surface area is 127 Å². The zero-order valence-corrected chi connectivity index (χ0v) is 11.8. The summed E-state index contributed by atoms with van der Waals surface area (Å²) in [6.45, 7) is 0. The molecule has 0 amide bonds. The van der Waals surface area contributed by atoms with Crippen molar-refractivity contribution in [2.45, 2.75) is 0 Å². The van der Waals surface area contributed by atoms with E-state index in [0.29, 0.717) is 0 Å². The second-order valence-corrected chi connectivity index (χ2v) is 5.51. The summed E-state index contributed by atoms with van der Waals surface area (Å²) < 4.78 is 0. The van der Waals surface area contributed by atoms with Gasteiger partial charge in [-0.1, -0.05) is 48.5 Å². The third-order valence-electron chi connectivity index (χ3n) is 4.33. The van der Waals surface area contributed by atoms with Crippen LogP contribution < -0.4 is 0 Å². The lowest BCUT2D eigenvalue weighted by atomic mass is 9.96. The number of aromatic nitrogens is 2. The second kappa shape index (κ2) is 4.25. The summed E-state index contributed by atoms with van der Waals surface area (Å²) in [5, 5.41) is 7.15. The lowest BCUT2D eigenvalue weighted by Crippen LogP contribution is -1.88. The predicted octanol–water partition coefficient (Wildman–Crippen LogP) is 5.09. The zero-order chi connectivity index (χ0) is 14.5. The molecule has 2 aromatic heterocycles. The quantitative estimate of drug-likeness (QED) is 0.369. The molecule has 0 aliphatic heterocycles. The van der Waals surface area contributed by atoms with Gasteiger partial charge in [-0.25, -0.2) is 0 Å². The molecule has 2 nitrogen and oxygen atoms in total. The highest BCUT2D eigenvalue weighted by molar-refractivity contribution is 6.29. The fourth-order valence-corrected chi connectivity index (χ4v) is 3.38. The molecule has 0 saturated heterocycles. The molecule has 22 heavy (non-hydrogen) atoms. The number of hydrogen-bond acceptors (Lipinski definition) is 2. The van der Waals surface area contributed by atoms with Gasteiger partial charge in [0.2, 0.25) is 0 Å². The van der Waals surface area contributed by atoms with Crippen LogP contribution in [0.2, 0.25) is 0 Å². The molecule has 0 aliphatic carbocycles. The van der Waals surface area contributed by atoms with Crippen LogP contribution in [0.5, 0.6) is 0 Å². The van der Waals surface area contributed by atoms with Crippen molar-refractivity contribution < 1.29 is 0 Å². The van der Waals surface area contributed by atoms with E-state index >= 15 is 0 Å². The summed E-state index contributed by atoms with van der Waals surface area (Å²) in [6, 6.07) is 21.0. The smallest absolute Gasteiger partial charge is 0.0794 e. The van der Waals surface area contributed by atoms with Crippen molar-refractivity contribution in [3.8, 4) is 0 Å². The molecule has 0 N–H and O–H groups in total. The fraction of sp³-hybridized carbons (Fsp3) is 0. The van der Waals surface area contributed by atoms with Gasteiger partial charge in [0, 0.05) is 33.9 Å². The molecule has 0 bridgehead atoms. The molecule has 5 rings (SSSR count). The van der Waals surface area contributed by atoms with Gasteiger partial charge >= 0.3 is 0 Å². The second-order valence-electron chi connectivity index (χ2n) is 5.51. The summed E-state index contributed by atoms with van der Waals surface area (Å²) in [5.41, 5.74) is 2.10. The van der Waals surface area contributed by atoms with Gasteiger partial charge in [0.15, 0.2) is 0 Å². The van der Waals surface area contributed by atoms with E-state index in [9.17, 15) is 0 Å². The lowest BCUT2D eigenvalue weighted by Gasteiger charge is -2.10. The minimum absolute atomic E-state index is 1.05. The highest BCUT2D eigenvalue weighted by Gasteiger charge is 2.12. The monoisotopic (exact) mass is 280 g/mol. The Morgan fingerprint density at radius 3 is 2.05 bits per heavy atom. The molecule has 0 atom stereocenters. The van der Waals surface area contributed by atoms with E-state index in [1.165, 1.54) is 21.5 Å². The lowest BCUT2D eigenvalue weighted by molar-refractivity contribution is 1.41. The van der Waals surface area contributed by atoms with Gasteiger partial charge < -0.3 is 0 Å². The molecule has 0 saturated carbocycles. The number of nitrogens with zero attached hydrogens (tertiary/aromatic N) is 2. The first-order chi connectivity index (χ1) is 10.9. The Morgan fingerprint density at radius 1 is 0.500 bits per heavy atom. The number of hydrogen-bond donors (Lipinski definition) is 0. The molecular formula is C20H12N2. The minimum Gasteiger partial charge on any atom is -0.256 e. The molecule has 2 heterocycles. The highest BCUT2D eigenvalue weighted by Crippen LogP contribution is 2.36. The van der Waals surface area contributed by atoms with E-state index in [1.54, 1.807) is 0 Å². The molecule has 0 aliphatic rings. The Kier molecular flexibility index (Phi) is 2.25. The fourth-order valence-electron chi connectivity index (χ4n) is 3.38. The van der Waals surface area contributed by atoms with Crippen LogP contribution in [-0.4, -0.2) is 9.97 Å². The number of pyridine rings is 2. The Hall–Kier alpha value is -3.00. The molecule has 102 valence electrons. The predicted molar refractivity (Wildman–Crippen MR) is 92.1 cm³/mol. The van der Waals surface area contributed by atoms with Crippen LogP contribution in [0.4, 0.5) is 0 Å². The van der Waals surface area contributed by atoms with Crippen LogP contribution in [0.3, 0.4) is 0 Å². The van der Waals surface area contributed by atoms with E-state index in [2.05, 4.69) is 58.5 Å². The average Bonchev–Trinajstić information content (AvgIpc) is 2.61. The van der Waals surface area contributed by atoms with Crippen molar-refractivity contribution in [1.29, 1.82) is 0 Å². The van der Waals surface area contributed by atoms with Gasteiger partial charge in [-0.3, -0.25) is 9.97 Å². The standard InChI is InChI=1S/C20H12N2/c1-2-6-14-13(5-1)9-10-17-18(14)20-16(8-4-12-22-20)15-7-3-11-21-19(15)17/h1-12H. The van der Waals surface area contributed by atoms with Crippen LogP contribution in [0.15, 0.2) is 73.1 Å². The molecule has 3 aromatic carbocycles. The van der Waals surface area contributed by atoms with Crippen LogP contribution in [-0.2, 0) is 0 Å². The molecule has 0 unspecified atom stereocenters. The minimum atomic E-state index is 1.05.